The van der Waals surface area contributed by atoms with Gasteiger partial charge in [-0.05, 0) is 100 Å². The van der Waals surface area contributed by atoms with Crippen LogP contribution in [0.2, 0.25) is 0 Å². The van der Waals surface area contributed by atoms with Gasteiger partial charge >= 0.3 is 5.97 Å². The number of rotatable bonds is 4. The molecule has 8 rings (SSSR count). The molecule has 3 heterocycles. The molecule has 16 unspecified atom stereocenters. The van der Waals surface area contributed by atoms with E-state index in [9.17, 15) is 30.3 Å². The van der Waals surface area contributed by atoms with E-state index in [0.29, 0.717) is 25.4 Å². The van der Waals surface area contributed by atoms with Crippen LogP contribution in [-0.2, 0) is 28.5 Å². The lowest BCUT2D eigenvalue weighted by Crippen LogP contribution is -2.63. The second kappa shape index (κ2) is 10.2. The molecule has 0 aromatic carbocycles. The molecule has 11 heteroatoms. The van der Waals surface area contributed by atoms with Crippen molar-refractivity contribution in [1.29, 1.82) is 0 Å². The minimum atomic E-state index is -1.32. The fraction of sp³-hybridized carbons (Fsp3) is 0.973. The van der Waals surface area contributed by atoms with Crippen molar-refractivity contribution in [3.05, 3.63) is 0 Å². The van der Waals surface area contributed by atoms with E-state index in [1.165, 1.54) is 6.92 Å². The number of carbonyl (C=O) groups is 1. The van der Waals surface area contributed by atoms with Crippen molar-refractivity contribution < 1.29 is 54.0 Å². The third-order valence-corrected chi connectivity index (χ3v) is 16.4. The summed E-state index contributed by atoms with van der Waals surface area (Å²) in [6, 6.07) is 0. The highest BCUT2D eigenvalue weighted by Gasteiger charge is 2.87. The van der Waals surface area contributed by atoms with Gasteiger partial charge in [-0.2, -0.15) is 0 Å². The highest BCUT2D eigenvalue weighted by molar-refractivity contribution is 5.66. The molecule has 0 aromatic rings. The van der Waals surface area contributed by atoms with Crippen LogP contribution in [0.4, 0.5) is 0 Å². The molecule has 2 bridgehead atoms. The monoisotopic (exact) mass is 678 g/mol. The maximum atomic E-state index is 12.7. The molecular weight excluding hydrogens is 620 g/mol. The summed E-state index contributed by atoms with van der Waals surface area (Å²) in [4.78, 5) is 12.7. The molecule has 0 radical (unpaired) electrons. The van der Waals surface area contributed by atoms with Gasteiger partial charge in [0.2, 0.25) is 0 Å². The third kappa shape index (κ3) is 3.95. The predicted molar refractivity (Wildman–Crippen MR) is 170 cm³/mol. The molecule has 5 saturated carbocycles. The van der Waals surface area contributed by atoms with Gasteiger partial charge in [0, 0.05) is 30.1 Å². The van der Waals surface area contributed by atoms with E-state index < -0.39 is 70.6 Å². The van der Waals surface area contributed by atoms with E-state index in [4.69, 9.17) is 23.7 Å². The summed E-state index contributed by atoms with van der Waals surface area (Å²) < 4.78 is 31.9. The first-order valence-corrected chi connectivity index (χ1v) is 18.5. The predicted octanol–water partition coefficient (Wildman–Crippen LogP) is 2.81. The Morgan fingerprint density at radius 2 is 1.52 bits per heavy atom. The first-order chi connectivity index (χ1) is 22.3. The van der Waals surface area contributed by atoms with Crippen molar-refractivity contribution >= 4 is 5.97 Å². The summed E-state index contributed by atoms with van der Waals surface area (Å²) >= 11 is 0. The molecule has 16 atom stereocenters. The van der Waals surface area contributed by atoms with Gasteiger partial charge in [-0.1, -0.05) is 20.8 Å². The van der Waals surface area contributed by atoms with E-state index in [0.717, 1.165) is 44.9 Å². The lowest BCUT2D eigenvalue weighted by atomic mass is 9.41. The summed E-state index contributed by atoms with van der Waals surface area (Å²) in [6.07, 6.45) is 1.09. The summed E-state index contributed by atoms with van der Waals surface area (Å²) in [5.74, 6) is -1.33. The fourth-order valence-corrected chi connectivity index (χ4v) is 14.1. The van der Waals surface area contributed by atoms with E-state index in [1.807, 2.05) is 0 Å². The van der Waals surface area contributed by atoms with Crippen molar-refractivity contribution in [3.63, 3.8) is 0 Å². The van der Waals surface area contributed by atoms with Crippen molar-refractivity contribution in [2.75, 3.05) is 13.2 Å². The number of esters is 1. The number of hydrogen-bond donors (Lipinski definition) is 5. The van der Waals surface area contributed by atoms with Crippen LogP contribution in [-0.4, -0.2) is 105 Å². The lowest BCUT2D eigenvalue weighted by Gasteiger charge is -2.64. The van der Waals surface area contributed by atoms with Crippen LogP contribution in [0.25, 0.3) is 0 Å². The zero-order valence-corrected chi connectivity index (χ0v) is 29.7. The molecule has 5 aliphatic carbocycles. The van der Waals surface area contributed by atoms with E-state index in [2.05, 4.69) is 27.7 Å². The smallest absolute Gasteiger partial charge is 0.303 e. The van der Waals surface area contributed by atoms with Crippen molar-refractivity contribution in [3.8, 4) is 0 Å². The van der Waals surface area contributed by atoms with Gasteiger partial charge in [-0.25, -0.2) is 0 Å². The Balaban J connectivity index is 1.13. The summed E-state index contributed by atoms with van der Waals surface area (Å²) in [7, 11) is 0. The fourth-order valence-electron chi connectivity index (χ4n) is 14.1. The Morgan fingerprint density at radius 3 is 2.21 bits per heavy atom. The molecule has 0 amide bonds. The molecule has 5 N–H and O–H groups in total. The average molecular weight is 679 g/mol. The highest BCUT2D eigenvalue weighted by Crippen LogP contribution is 2.89. The van der Waals surface area contributed by atoms with Crippen LogP contribution in [0.15, 0.2) is 0 Å². The molecule has 3 spiro atoms. The Bertz CT molecular complexity index is 1350. The van der Waals surface area contributed by atoms with Crippen LogP contribution in [0, 0.1) is 44.8 Å². The van der Waals surface area contributed by atoms with Gasteiger partial charge in [0.05, 0.1) is 31.0 Å². The molecular formula is C37H58O11. The third-order valence-electron chi connectivity index (χ3n) is 16.4. The summed E-state index contributed by atoms with van der Waals surface area (Å²) in [5.41, 5.74) is -3.27. The quantitative estimate of drug-likeness (QED) is 0.219. The topological polar surface area (TPSA) is 164 Å². The Labute approximate surface area is 284 Å². The molecule has 11 nitrogen and oxygen atoms in total. The van der Waals surface area contributed by atoms with Crippen LogP contribution in [0.1, 0.15) is 106 Å². The first kappa shape index (κ1) is 34.2. The highest BCUT2D eigenvalue weighted by atomic mass is 16.7. The Morgan fingerprint density at radius 1 is 0.854 bits per heavy atom. The molecule has 3 aliphatic heterocycles. The number of carbonyl (C=O) groups excluding carboxylic acids is 1. The lowest BCUT2D eigenvalue weighted by molar-refractivity contribution is -0.317. The molecule has 48 heavy (non-hydrogen) atoms. The normalized spacial score (nSPS) is 58.1. The average Bonchev–Trinajstić information content (AvgIpc) is 3.50. The molecule has 3 saturated heterocycles. The van der Waals surface area contributed by atoms with Gasteiger partial charge < -0.3 is 49.2 Å². The number of hydrogen-bond acceptors (Lipinski definition) is 11. The number of fused-ring (bicyclic) bond motifs is 4. The first-order valence-electron chi connectivity index (χ1n) is 18.5. The van der Waals surface area contributed by atoms with Gasteiger partial charge in [0.15, 0.2) is 12.1 Å². The second-order valence-electron chi connectivity index (χ2n) is 18.9. The minimum absolute atomic E-state index is 0.0248. The Hall–Kier alpha value is -0.890. The maximum Gasteiger partial charge on any atom is 0.303 e. The van der Waals surface area contributed by atoms with Crippen LogP contribution < -0.4 is 0 Å². The molecule has 8 fully saturated rings. The molecule has 272 valence electrons. The minimum Gasteiger partial charge on any atom is -0.459 e. The van der Waals surface area contributed by atoms with E-state index in [-0.39, 0.29) is 40.8 Å². The van der Waals surface area contributed by atoms with Crippen molar-refractivity contribution in [2.45, 2.75) is 166 Å². The zero-order valence-electron chi connectivity index (χ0n) is 29.7. The molecule has 0 aromatic heterocycles. The van der Waals surface area contributed by atoms with E-state index in [1.54, 1.807) is 13.8 Å². The zero-order chi connectivity index (χ0) is 34.7. The van der Waals surface area contributed by atoms with Crippen LogP contribution >= 0.6 is 0 Å². The molecule has 8 aliphatic rings. The van der Waals surface area contributed by atoms with Gasteiger partial charge in [-0.3, -0.25) is 4.79 Å². The second-order valence-corrected chi connectivity index (χ2v) is 18.9. The summed E-state index contributed by atoms with van der Waals surface area (Å²) in [5, 5.41) is 54.9. The number of aliphatic hydroxyl groups is 5. The largest absolute Gasteiger partial charge is 0.459 e. The van der Waals surface area contributed by atoms with Gasteiger partial charge in [0.25, 0.3) is 0 Å². The standard InChI is InChI=1S/C37H58O11/c1-19(38)46-26-27-32(6)12-15-37(48-32,31(4,5)43)45-18-36(27)14-13-35-17-34(35)11-10-23(47-29-25(41)24(40)20(39)16-44-29)30(2,3)21(34)8-9-22(35)33(36,7)28(26)42/h20-29,39-43H,8-18H2,1-7H3. The number of ether oxygens (including phenoxy) is 5. The number of aliphatic hydroxyl groups excluding tert-OH is 4. The maximum absolute atomic E-state index is 12.7. The van der Waals surface area contributed by atoms with E-state index >= 15 is 0 Å². The van der Waals surface area contributed by atoms with Crippen molar-refractivity contribution in [2.24, 2.45) is 44.8 Å². The van der Waals surface area contributed by atoms with Gasteiger partial charge in [-0.15, -0.1) is 0 Å². The van der Waals surface area contributed by atoms with Crippen molar-refractivity contribution in [1.82, 2.24) is 0 Å². The van der Waals surface area contributed by atoms with Gasteiger partial charge in [0.1, 0.15) is 30.0 Å². The Kier molecular flexibility index (Phi) is 7.24. The summed E-state index contributed by atoms with van der Waals surface area (Å²) in [6.45, 7) is 14.0. The SMILES string of the molecule is CC(=O)OC1C2C3(C)CCC(C(C)(C)O)(OCC24CCC25CC26CCC(OC2OCC(O)C(O)C2O)C(C)(C)C6CCC5C4(C)C1O)O3. The van der Waals surface area contributed by atoms with Crippen LogP contribution in [0.3, 0.4) is 0 Å². The van der Waals surface area contributed by atoms with Crippen LogP contribution in [0.5, 0.6) is 0 Å².